The highest BCUT2D eigenvalue weighted by Crippen LogP contribution is 2.36. The predicted molar refractivity (Wildman–Crippen MR) is 120 cm³/mol. The van der Waals surface area contributed by atoms with Crippen LogP contribution < -0.4 is 9.47 Å². The molecule has 1 heterocycles. The highest BCUT2D eigenvalue weighted by molar-refractivity contribution is 7.00. The molecule has 0 radical (unpaired) electrons. The molecule has 7 heteroatoms. The number of nitrogens with zero attached hydrogens (tertiary/aromatic N) is 2. The van der Waals surface area contributed by atoms with E-state index in [4.69, 9.17) is 9.47 Å². The largest absolute Gasteiger partial charge is 0.497 e. The van der Waals surface area contributed by atoms with Crippen LogP contribution in [0.5, 0.6) is 11.5 Å². The number of hydrogen-bond donors (Lipinski definition) is 1. The van der Waals surface area contributed by atoms with Gasteiger partial charge in [-0.15, -0.1) is 0 Å². The fraction of sp³-hybridized carbons (Fsp3) is 0.208. The predicted octanol–water partition coefficient (Wildman–Crippen LogP) is 4.52. The molecule has 0 bridgehead atoms. The van der Waals surface area contributed by atoms with Crippen LogP contribution >= 0.6 is 11.7 Å². The van der Waals surface area contributed by atoms with Gasteiger partial charge in [-0.05, 0) is 65.9 Å². The molecule has 1 N–H and O–H groups in total. The van der Waals surface area contributed by atoms with Crippen molar-refractivity contribution in [2.75, 3.05) is 14.2 Å². The van der Waals surface area contributed by atoms with E-state index < -0.39 is 11.4 Å². The molecule has 0 fully saturated rings. The van der Waals surface area contributed by atoms with Crippen LogP contribution in [-0.2, 0) is 23.1 Å². The molecule has 158 valence electrons. The summed E-state index contributed by atoms with van der Waals surface area (Å²) in [6.45, 7) is 0. The Bertz CT molecular complexity index is 1170. The number of hydrogen-bond acceptors (Lipinski definition) is 6. The Balaban J connectivity index is 1.86. The van der Waals surface area contributed by atoms with E-state index in [0.717, 1.165) is 28.4 Å². The van der Waals surface area contributed by atoms with Crippen molar-refractivity contribution in [3.05, 3.63) is 83.4 Å². The molecule has 0 aliphatic rings. The summed E-state index contributed by atoms with van der Waals surface area (Å²) in [6.07, 6.45) is 0.583. The van der Waals surface area contributed by atoms with E-state index in [1.165, 1.54) is 0 Å². The maximum absolute atomic E-state index is 12.9. The lowest BCUT2D eigenvalue weighted by atomic mass is 9.71. The van der Waals surface area contributed by atoms with E-state index in [0.29, 0.717) is 35.4 Å². The molecule has 0 aliphatic carbocycles. The van der Waals surface area contributed by atoms with Crippen LogP contribution in [0.2, 0.25) is 0 Å². The maximum Gasteiger partial charge on any atom is 0.314 e. The Kier molecular flexibility index (Phi) is 5.86. The fourth-order valence-electron chi connectivity index (χ4n) is 3.88. The van der Waals surface area contributed by atoms with Gasteiger partial charge in [-0.3, -0.25) is 4.79 Å². The number of aromatic nitrogens is 2. The molecule has 0 aliphatic heterocycles. The van der Waals surface area contributed by atoms with Gasteiger partial charge in [0.05, 0.1) is 25.9 Å². The van der Waals surface area contributed by atoms with Crippen molar-refractivity contribution in [1.29, 1.82) is 0 Å². The average Bonchev–Trinajstić information content (AvgIpc) is 3.26. The van der Waals surface area contributed by atoms with E-state index in [9.17, 15) is 9.90 Å². The summed E-state index contributed by atoms with van der Waals surface area (Å²) in [5, 5.41) is 10.6. The van der Waals surface area contributed by atoms with Gasteiger partial charge in [-0.25, -0.2) is 0 Å². The molecule has 4 rings (SSSR count). The van der Waals surface area contributed by atoms with Gasteiger partial charge in [-0.1, -0.05) is 30.3 Å². The molecule has 4 aromatic rings. The molecule has 0 spiro atoms. The molecule has 0 atom stereocenters. The number of carboxylic acids is 1. The van der Waals surface area contributed by atoms with Crippen LogP contribution in [0.1, 0.15) is 16.7 Å². The summed E-state index contributed by atoms with van der Waals surface area (Å²) >= 11 is 1.12. The van der Waals surface area contributed by atoms with Crippen molar-refractivity contribution in [2.45, 2.75) is 18.3 Å². The summed E-state index contributed by atoms with van der Waals surface area (Å²) in [5.41, 5.74) is 2.68. The van der Waals surface area contributed by atoms with Gasteiger partial charge < -0.3 is 14.6 Å². The zero-order valence-corrected chi connectivity index (χ0v) is 18.1. The number of benzene rings is 3. The van der Waals surface area contributed by atoms with E-state index in [2.05, 4.69) is 8.75 Å². The van der Waals surface area contributed by atoms with E-state index >= 15 is 0 Å². The summed E-state index contributed by atoms with van der Waals surface area (Å²) in [4.78, 5) is 12.9. The zero-order valence-electron chi connectivity index (χ0n) is 17.2. The first-order valence-corrected chi connectivity index (χ1v) is 10.5. The lowest BCUT2D eigenvalue weighted by Crippen LogP contribution is -2.40. The Morgan fingerprint density at radius 2 is 1.45 bits per heavy atom. The van der Waals surface area contributed by atoms with Crippen molar-refractivity contribution in [1.82, 2.24) is 8.75 Å². The number of aliphatic carboxylic acids is 1. The molecule has 3 aromatic carbocycles. The Morgan fingerprint density at radius 3 is 2.00 bits per heavy atom. The van der Waals surface area contributed by atoms with Crippen LogP contribution in [0.15, 0.2) is 66.7 Å². The number of methoxy groups -OCH3 is 2. The lowest BCUT2D eigenvalue weighted by molar-refractivity contribution is -0.143. The minimum Gasteiger partial charge on any atom is -0.497 e. The van der Waals surface area contributed by atoms with E-state index in [1.54, 1.807) is 14.2 Å². The van der Waals surface area contributed by atoms with Crippen molar-refractivity contribution < 1.29 is 19.4 Å². The van der Waals surface area contributed by atoms with Crippen LogP contribution in [-0.4, -0.2) is 34.0 Å². The first-order chi connectivity index (χ1) is 15.0. The SMILES string of the molecule is COc1cccc(CC(Cc2cccc(OC)c2)(C(=O)O)c2ccc3nsnc3c2)c1. The second-order valence-corrected chi connectivity index (χ2v) is 7.94. The monoisotopic (exact) mass is 434 g/mol. The van der Waals surface area contributed by atoms with Crippen molar-refractivity contribution in [3.63, 3.8) is 0 Å². The fourth-order valence-corrected chi connectivity index (χ4v) is 4.40. The van der Waals surface area contributed by atoms with Gasteiger partial charge in [0.15, 0.2) is 0 Å². The summed E-state index contributed by atoms with van der Waals surface area (Å²) in [6, 6.07) is 20.6. The smallest absolute Gasteiger partial charge is 0.314 e. The van der Waals surface area contributed by atoms with Crippen LogP contribution in [0.25, 0.3) is 11.0 Å². The molecule has 0 amide bonds. The van der Waals surface area contributed by atoms with E-state index in [-0.39, 0.29) is 0 Å². The number of ether oxygens (including phenoxy) is 2. The third-order valence-electron chi connectivity index (χ3n) is 5.50. The van der Waals surface area contributed by atoms with Crippen molar-refractivity contribution >= 4 is 28.7 Å². The van der Waals surface area contributed by atoms with Crippen LogP contribution in [0.3, 0.4) is 0 Å². The molecule has 0 unspecified atom stereocenters. The van der Waals surface area contributed by atoms with Gasteiger partial charge in [-0.2, -0.15) is 8.75 Å². The van der Waals surface area contributed by atoms with Crippen molar-refractivity contribution in [3.8, 4) is 11.5 Å². The maximum atomic E-state index is 12.9. The second kappa shape index (κ2) is 8.73. The minimum absolute atomic E-state index is 0.291. The van der Waals surface area contributed by atoms with Gasteiger partial charge >= 0.3 is 5.97 Å². The van der Waals surface area contributed by atoms with Gasteiger partial charge in [0.1, 0.15) is 27.9 Å². The Hall–Kier alpha value is -3.45. The normalized spacial score (nSPS) is 11.4. The van der Waals surface area contributed by atoms with Gasteiger partial charge in [0, 0.05) is 0 Å². The molecule has 1 aromatic heterocycles. The minimum atomic E-state index is -1.21. The second-order valence-electron chi connectivity index (χ2n) is 7.41. The van der Waals surface area contributed by atoms with Crippen molar-refractivity contribution in [2.24, 2.45) is 0 Å². The van der Waals surface area contributed by atoms with Gasteiger partial charge in [0.2, 0.25) is 0 Å². The summed E-state index contributed by atoms with van der Waals surface area (Å²) < 4.78 is 19.3. The molecule has 0 saturated heterocycles. The zero-order chi connectivity index (χ0) is 21.8. The molecule has 6 nitrogen and oxygen atoms in total. The van der Waals surface area contributed by atoms with E-state index in [1.807, 2.05) is 66.7 Å². The highest BCUT2D eigenvalue weighted by Gasteiger charge is 2.41. The number of carboxylic acid groups (broad SMARTS) is 1. The Morgan fingerprint density at radius 1 is 0.871 bits per heavy atom. The number of rotatable bonds is 8. The molecular weight excluding hydrogens is 412 g/mol. The van der Waals surface area contributed by atoms with Gasteiger partial charge in [0.25, 0.3) is 0 Å². The molecule has 31 heavy (non-hydrogen) atoms. The Labute approximate surface area is 184 Å². The van der Waals surface area contributed by atoms with Crippen LogP contribution in [0.4, 0.5) is 0 Å². The molecule has 0 saturated carbocycles. The first-order valence-electron chi connectivity index (χ1n) is 9.76. The standard InChI is InChI=1S/C24H22N2O4S/c1-29-19-7-3-5-16(11-19)14-24(23(27)28,15-17-6-4-8-20(12-17)30-2)18-9-10-21-22(13-18)26-31-25-21/h3-13H,14-15H2,1-2H3,(H,27,28). The quantitative estimate of drug-likeness (QED) is 0.439. The number of carbonyl (C=O) groups is 1. The first kappa shape index (κ1) is 20.8. The third kappa shape index (κ3) is 4.22. The third-order valence-corrected chi connectivity index (χ3v) is 6.05. The topological polar surface area (TPSA) is 81.5 Å². The average molecular weight is 435 g/mol. The summed E-state index contributed by atoms with van der Waals surface area (Å²) in [5.74, 6) is 0.482. The number of fused-ring (bicyclic) bond motifs is 1. The molecular formula is C24H22N2O4S. The lowest BCUT2D eigenvalue weighted by Gasteiger charge is -2.31. The highest BCUT2D eigenvalue weighted by atomic mass is 32.1. The van der Waals surface area contributed by atoms with Crippen LogP contribution in [0, 0.1) is 0 Å². The summed E-state index contributed by atoms with van der Waals surface area (Å²) in [7, 11) is 3.20.